The van der Waals surface area contributed by atoms with E-state index in [1.165, 1.54) is 6.07 Å². The fraction of sp³-hybridized carbons (Fsp3) is 0.0870. The zero-order valence-electron chi connectivity index (χ0n) is 17.9. The summed E-state index contributed by atoms with van der Waals surface area (Å²) in [5.41, 5.74) is 2.20. The predicted octanol–water partition coefficient (Wildman–Crippen LogP) is 5.52. The maximum absolute atomic E-state index is 13.5. The van der Waals surface area contributed by atoms with Gasteiger partial charge in [-0.1, -0.05) is 23.7 Å². The van der Waals surface area contributed by atoms with Crippen LogP contribution in [-0.4, -0.2) is 21.5 Å². The molecular weight excluding hydrogens is 480 g/mol. The molecule has 0 aliphatic carbocycles. The minimum Gasteiger partial charge on any atom is -0.493 e. The number of para-hydroxylation sites is 1. The summed E-state index contributed by atoms with van der Waals surface area (Å²) >= 11 is 5.93. The second-order valence-electron chi connectivity index (χ2n) is 6.84. The van der Waals surface area contributed by atoms with Crippen molar-refractivity contribution in [2.45, 2.75) is 0 Å². The average Bonchev–Trinajstić information content (AvgIpc) is 2.80. The monoisotopic (exact) mass is 497 g/mol. The van der Waals surface area contributed by atoms with Gasteiger partial charge in [-0.25, -0.2) is 9.38 Å². The molecule has 1 heterocycles. The van der Waals surface area contributed by atoms with Crippen molar-refractivity contribution in [3.05, 3.63) is 82.9 Å². The van der Waals surface area contributed by atoms with Gasteiger partial charge in [-0.3, -0.25) is 0 Å². The highest BCUT2D eigenvalue weighted by Crippen LogP contribution is 2.32. The normalized spacial score (nSPS) is 11.7. The summed E-state index contributed by atoms with van der Waals surface area (Å²) in [5, 5.41) is 1.75. The molecule has 34 heavy (non-hydrogen) atoms. The van der Waals surface area contributed by atoms with Crippen LogP contribution in [0.5, 0.6) is 11.5 Å². The summed E-state index contributed by atoms with van der Waals surface area (Å²) in [6.07, 6.45) is 0. The highest BCUT2D eigenvalue weighted by atomic mass is 35.5. The number of hydrogen-bond donors (Lipinski definition) is 1. The topological polar surface area (TPSA) is 45.6 Å². The van der Waals surface area contributed by atoms with E-state index in [-0.39, 0.29) is 5.02 Å². The highest BCUT2D eigenvalue weighted by molar-refractivity contribution is 6.50. The molecule has 0 unspecified atom stereocenters. The van der Waals surface area contributed by atoms with Crippen molar-refractivity contribution in [2.75, 3.05) is 14.2 Å². The van der Waals surface area contributed by atoms with Crippen molar-refractivity contribution in [3.8, 4) is 22.8 Å². The molecule has 0 aliphatic heterocycles. The SMILES string of the molecule is COc1ccc(-c2cc(=[NH+]c3ccc(F)c(Cl)c3)c3ccccc3o2)cc1OC.F[B-](F)(F)F. The second kappa shape index (κ2) is 10.6. The Morgan fingerprint density at radius 1 is 0.853 bits per heavy atom. The van der Waals surface area contributed by atoms with Gasteiger partial charge in [0.05, 0.1) is 30.7 Å². The van der Waals surface area contributed by atoms with Crippen LogP contribution in [0.2, 0.25) is 5.02 Å². The number of halogens is 6. The fourth-order valence-electron chi connectivity index (χ4n) is 3.10. The van der Waals surface area contributed by atoms with Crippen LogP contribution in [0.1, 0.15) is 0 Å². The third-order valence-corrected chi connectivity index (χ3v) is 4.83. The van der Waals surface area contributed by atoms with Crippen molar-refractivity contribution in [3.63, 3.8) is 0 Å². The first-order valence-corrected chi connectivity index (χ1v) is 10.1. The molecule has 0 spiro atoms. The molecule has 11 heteroatoms. The number of methoxy groups -OCH3 is 2. The summed E-state index contributed by atoms with van der Waals surface area (Å²) in [6, 6.07) is 19.6. The van der Waals surface area contributed by atoms with Gasteiger partial charge in [-0.2, -0.15) is 0 Å². The van der Waals surface area contributed by atoms with Crippen LogP contribution < -0.4 is 19.8 Å². The summed E-state index contributed by atoms with van der Waals surface area (Å²) in [4.78, 5) is 3.31. The van der Waals surface area contributed by atoms with Gasteiger partial charge in [0.1, 0.15) is 17.2 Å². The average molecular weight is 498 g/mol. The number of benzene rings is 3. The first kappa shape index (κ1) is 25.1. The van der Waals surface area contributed by atoms with E-state index in [9.17, 15) is 21.7 Å². The van der Waals surface area contributed by atoms with Crippen LogP contribution in [0.4, 0.5) is 27.3 Å². The lowest BCUT2D eigenvalue weighted by atomic mass is 10.1. The van der Waals surface area contributed by atoms with Gasteiger partial charge in [-0.05, 0) is 36.4 Å². The van der Waals surface area contributed by atoms with Crippen molar-refractivity contribution < 1.29 is 40.5 Å². The van der Waals surface area contributed by atoms with Gasteiger partial charge in [0.15, 0.2) is 11.5 Å². The lowest BCUT2D eigenvalue weighted by Gasteiger charge is -2.09. The number of ether oxygens (including phenoxy) is 2. The fourth-order valence-corrected chi connectivity index (χ4v) is 3.28. The Labute approximate surface area is 196 Å². The van der Waals surface area contributed by atoms with Crippen LogP contribution in [-0.2, 0) is 0 Å². The molecule has 4 rings (SSSR count). The largest absolute Gasteiger partial charge is 0.673 e. The maximum atomic E-state index is 13.5. The second-order valence-corrected chi connectivity index (χ2v) is 7.25. The van der Waals surface area contributed by atoms with Gasteiger partial charge < -0.3 is 31.2 Å². The summed E-state index contributed by atoms with van der Waals surface area (Å²) in [6.45, 7) is 0. The molecule has 1 N–H and O–H groups in total. The molecule has 3 aromatic carbocycles. The van der Waals surface area contributed by atoms with Gasteiger partial charge in [-0.15, -0.1) is 0 Å². The Kier molecular flexibility index (Phi) is 7.83. The van der Waals surface area contributed by atoms with Crippen LogP contribution in [0.15, 0.2) is 71.1 Å². The predicted molar refractivity (Wildman–Crippen MR) is 120 cm³/mol. The quantitative estimate of drug-likeness (QED) is 0.298. The summed E-state index contributed by atoms with van der Waals surface area (Å²) < 4.78 is 69.3. The zero-order chi connectivity index (χ0) is 24.9. The van der Waals surface area contributed by atoms with Gasteiger partial charge in [0, 0.05) is 17.7 Å². The Morgan fingerprint density at radius 2 is 1.53 bits per heavy atom. The van der Waals surface area contributed by atoms with E-state index in [1.807, 2.05) is 48.5 Å². The van der Waals surface area contributed by atoms with Crippen LogP contribution in [0.25, 0.3) is 22.3 Å². The minimum atomic E-state index is -6.00. The lowest BCUT2D eigenvalue weighted by molar-refractivity contribution is -0.400. The maximum Gasteiger partial charge on any atom is 0.673 e. The number of nitrogens with one attached hydrogen (secondary N) is 1. The number of rotatable bonds is 4. The van der Waals surface area contributed by atoms with E-state index < -0.39 is 13.1 Å². The molecule has 0 saturated carbocycles. The molecule has 0 radical (unpaired) electrons. The smallest absolute Gasteiger partial charge is 0.493 e. The Bertz CT molecular complexity index is 1370. The number of fused-ring (bicyclic) bond motifs is 1. The Hall–Kier alpha value is -3.53. The molecular formula is C23H18BClF5NO3. The summed E-state index contributed by atoms with van der Waals surface area (Å²) in [5.74, 6) is 1.42. The molecule has 0 saturated heterocycles. The lowest BCUT2D eigenvalue weighted by Crippen LogP contribution is -2.70. The third-order valence-electron chi connectivity index (χ3n) is 4.54. The first-order valence-electron chi connectivity index (χ1n) is 9.76. The van der Waals surface area contributed by atoms with E-state index >= 15 is 0 Å². The standard InChI is InChI=1S/C23H17ClFNO3.BF4/c1-27-21-10-7-14(11-23(21)28-2)22-13-19(16-5-3-4-6-20(16)29-22)26-15-8-9-18(25)17(24)12-15;2-1(3,4)5/h3-13H,1-2H3;/q;-1/p+1. The molecule has 178 valence electrons. The van der Waals surface area contributed by atoms with E-state index in [4.69, 9.17) is 25.5 Å². The van der Waals surface area contributed by atoms with Crippen molar-refractivity contribution in [1.29, 1.82) is 0 Å². The van der Waals surface area contributed by atoms with Crippen molar-refractivity contribution in [1.82, 2.24) is 0 Å². The van der Waals surface area contributed by atoms with Gasteiger partial charge in [0.2, 0.25) is 11.0 Å². The molecule has 4 nitrogen and oxygen atoms in total. The Balaban J connectivity index is 0.000000588. The van der Waals surface area contributed by atoms with E-state index in [0.717, 1.165) is 16.3 Å². The van der Waals surface area contributed by atoms with E-state index in [1.54, 1.807) is 26.4 Å². The van der Waals surface area contributed by atoms with Gasteiger partial charge >= 0.3 is 7.25 Å². The first-order chi connectivity index (χ1) is 16.1. The third kappa shape index (κ3) is 6.51. The van der Waals surface area contributed by atoms with Crippen LogP contribution >= 0.6 is 11.6 Å². The van der Waals surface area contributed by atoms with E-state index in [0.29, 0.717) is 28.5 Å². The van der Waals surface area contributed by atoms with E-state index in [2.05, 4.69) is 4.99 Å². The molecule has 0 atom stereocenters. The number of hydrogen-bond acceptors (Lipinski definition) is 3. The van der Waals surface area contributed by atoms with Crippen molar-refractivity contribution >= 4 is 35.5 Å². The minimum absolute atomic E-state index is 0.0556. The molecule has 0 aliphatic rings. The molecule has 1 aromatic heterocycles. The highest BCUT2D eigenvalue weighted by Gasteiger charge is 2.20. The summed E-state index contributed by atoms with van der Waals surface area (Å²) in [7, 11) is -2.82. The molecule has 0 amide bonds. The van der Waals surface area contributed by atoms with Crippen LogP contribution in [0.3, 0.4) is 0 Å². The van der Waals surface area contributed by atoms with Crippen molar-refractivity contribution in [2.24, 2.45) is 0 Å². The molecule has 0 bridgehead atoms. The molecule has 4 aromatic rings. The zero-order valence-corrected chi connectivity index (χ0v) is 18.7. The van der Waals surface area contributed by atoms with Gasteiger partial charge in [0.25, 0.3) is 0 Å². The Morgan fingerprint density at radius 3 is 2.18 bits per heavy atom. The van der Waals surface area contributed by atoms with Crippen LogP contribution in [0, 0.1) is 5.82 Å². The molecule has 0 fully saturated rings.